The van der Waals surface area contributed by atoms with Crippen LogP contribution < -0.4 is 0 Å². The van der Waals surface area contributed by atoms with Crippen LogP contribution in [-0.2, 0) is 0 Å². The Morgan fingerprint density at radius 1 is 1.20 bits per heavy atom. The third kappa shape index (κ3) is 3.36. The average Bonchev–Trinajstić information content (AvgIpc) is 2.23. The Bertz CT molecular complexity index is 408. The van der Waals surface area contributed by atoms with E-state index < -0.39 is 11.6 Å². The molecule has 0 heterocycles. The minimum Gasteiger partial charge on any atom is -0.204 e. The molecule has 3 heteroatoms. The van der Waals surface area contributed by atoms with Crippen LogP contribution in [0.3, 0.4) is 0 Å². The van der Waals surface area contributed by atoms with Gasteiger partial charge in [-0.3, -0.25) is 0 Å². The van der Waals surface area contributed by atoms with Gasteiger partial charge < -0.3 is 0 Å². The molecule has 0 unspecified atom stereocenters. The number of halogens is 2. The molecule has 0 spiro atoms. The summed E-state index contributed by atoms with van der Waals surface area (Å²) >= 11 is 1.30. The minimum atomic E-state index is -0.845. The van der Waals surface area contributed by atoms with Crippen LogP contribution >= 0.6 is 11.8 Å². The van der Waals surface area contributed by atoms with E-state index in [4.69, 9.17) is 0 Å². The van der Waals surface area contributed by atoms with Crippen LogP contribution in [-0.4, -0.2) is 0 Å². The molecule has 0 saturated heterocycles. The van der Waals surface area contributed by atoms with Crippen LogP contribution in [0.25, 0.3) is 0 Å². The Hall–Kier alpha value is -1.35. The summed E-state index contributed by atoms with van der Waals surface area (Å²) in [6.07, 6.45) is 5.00. The van der Waals surface area contributed by atoms with E-state index in [0.29, 0.717) is 4.90 Å². The van der Waals surface area contributed by atoms with Gasteiger partial charge >= 0.3 is 0 Å². The predicted octanol–water partition coefficient (Wildman–Crippen LogP) is 4.31. The zero-order chi connectivity index (χ0) is 11.3. The number of benzene rings is 1. The van der Waals surface area contributed by atoms with Gasteiger partial charge in [-0.15, -0.1) is 0 Å². The summed E-state index contributed by atoms with van der Waals surface area (Å²) < 4.78 is 25.5. The molecule has 0 saturated carbocycles. The molecule has 1 aromatic carbocycles. The zero-order valence-electron chi connectivity index (χ0n) is 8.04. The molecule has 0 atom stereocenters. The van der Waals surface area contributed by atoms with Crippen molar-refractivity contribution in [2.45, 2.75) is 4.90 Å². The fourth-order valence-corrected chi connectivity index (χ4v) is 1.75. The summed E-state index contributed by atoms with van der Waals surface area (Å²) in [6, 6.07) is 3.77. The maximum atomic E-state index is 12.9. The largest absolute Gasteiger partial charge is 0.204 e. The highest BCUT2D eigenvalue weighted by atomic mass is 32.2. The van der Waals surface area contributed by atoms with Crippen molar-refractivity contribution in [2.24, 2.45) is 0 Å². The number of allylic oxidation sites excluding steroid dienone is 3. The molecule has 1 aromatic rings. The second kappa shape index (κ2) is 5.51. The maximum absolute atomic E-state index is 12.9. The molecular weight excluding hydrogens is 214 g/mol. The first-order valence-corrected chi connectivity index (χ1v) is 5.07. The summed E-state index contributed by atoms with van der Waals surface area (Å²) in [5, 5.41) is 0. The topological polar surface area (TPSA) is 0 Å². The Morgan fingerprint density at radius 2 is 1.93 bits per heavy atom. The lowest BCUT2D eigenvalue weighted by Crippen LogP contribution is -1.83. The Balaban J connectivity index is 2.89. The highest BCUT2D eigenvalue weighted by Gasteiger charge is 2.03. The van der Waals surface area contributed by atoms with Crippen molar-refractivity contribution >= 4 is 11.8 Å². The maximum Gasteiger partial charge on any atom is 0.159 e. The van der Waals surface area contributed by atoms with E-state index in [9.17, 15) is 8.78 Å². The molecule has 0 aliphatic heterocycles. The normalized spacial score (nSPS) is 11.2. The van der Waals surface area contributed by atoms with E-state index in [1.54, 1.807) is 18.2 Å². The van der Waals surface area contributed by atoms with Crippen molar-refractivity contribution in [2.75, 3.05) is 0 Å². The van der Waals surface area contributed by atoms with Crippen molar-refractivity contribution in [1.82, 2.24) is 0 Å². The summed E-state index contributed by atoms with van der Waals surface area (Å²) in [6.45, 7) is 7.16. The van der Waals surface area contributed by atoms with Crippen LogP contribution in [0, 0.1) is 11.6 Å². The molecule has 0 aliphatic carbocycles. The standard InChI is InChI=1S/C12H10F2S/c1-3-5-9(4-2)15-10-6-7-11(13)12(14)8-10/h3-8H,1-2H2/b9-5+. The summed E-state index contributed by atoms with van der Waals surface area (Å²) in [7, 11) is 0. The second-order valence-corrected chi connectivity index (χ2v) is 3.83. The SMILES string of the molecule is C=C/C=C(\C=C)Sc1ccc(F)c(F)c1. The van der Waals surface area contributed by atoms with Gasteiger partial charge in [-0.1, -0.05) is 37.1 Å². The Morgan fingerprint density at radius 3 is 2.47 bits per heavy atom. The van der Waals surface area contributed by atoms with E-state index in [1.165, 1.54) is 17.8 Å². The monoisotopic (exact) mass is 224 g/mol. The molecule has 0 bridgehead atoms. The number of hydrogen-bond donors (Lipinski definition) is 0. The van der Waals surface area contributed by atoms with Gasteiger partial charge in [0.15, 0.2) is 11.6 Å². The Labute approximate surface area is 92.0 Å². The smallest absolute Gasteiger partial charge is 0.159 e. The Kier molecular flexibility index (Phi) is 4.31. The highest BCUT2D eigenvalue weighted by Crippen LogP contribution is 2.28. The summed E-state index contributed by atoms with van der Waals surface area (Å²) in [5.74, 6) is -1.69. The number of rotatable bonds is 4. The van der Waals surface area contributed by atoms with Gasteiger partial charge in [0.05, 0.1) is 0 Å². The third-order valence-electron chi connectivity index (χ3n) is 1.61. The minimum absolute atomic E-state index is 0.627. The number of thioether (sulfide) groups is 1. The fourth-order valence-electron chi connectivity index (χ4n) is 0.936. The summed E-state index contributed by atoms with van der Waals surface area (Å²) in [5.41, 5.74) is 0. The van der Waals surface area contributed by atoms with Gasteiger partial charge in [0.25, 0.3) is 0 Å². The van der Waals surface area contributed by atoms with E-state index in [0.717, 1.165) is 17.0 Å². The van der Waals surface area contributed by atoms with Gasteiger partial charge in [-0.2, -0.15) is 0 Å². The predicted molar refractivity (Wildman–Crippen MR) is 60.7 cm³/mol. The first-order chi connectivity index (χ1) is 7.17. The highest BCUT2D eigenvalue weighted by molar-refractivity contribution is 8.03. The van der Waals surface area contributed by atoms with E-state index >= 15 is 0 Å². The van der Waals surface area contributed by atoms with Gasteiger partial charge in [0.1, 0.15) is 0 Å². The van der Waals surface area contributed by atoms with Crippen molar-refractivity contribution < 1.29 is 8.78 Å². The lowest BCUT2D eigenvalue weighted by atomic mass is 10.3. The molecule has 0 aliphatic rings. The van der Waals surface area contributed by atoms with Gasteiger partial charge in [0, 0.05) is 9.80 Å². The quantitative estimate of drug-likeness (QED) is 0.542. The third-order valence-corrected chi connectivity index (χ3v) is 2.64. The van der Waals surface area contributed by atoms with E-state index in [-0.39, 0.29) is 0 Å². The van der Waals surface area contributed by atoms with E-state index in [1.807, 2.05) is 0 Å². The van der Waals surface area contributed by atoms with Crippen molar-refractivity contribution in [3.8, 4) is 0 Å². The summed E-state index contributed by atoms with van der Waals surface area (Å²) in [4.78, 5) is 1.46. The van der Waals surface area contributed by atoms with Crippen LogP contribution in [0.4, 0.5) is 8.78 Å². The van der Waals surface area contributed by atoms with Crippen LogP contribution in [0.15, 0.2) is 59.4 Å². The van der Waals surface area contributed by atoms with Crippen molar-refractivity contribution in [1.29, 1.82) is 0 Å². The van der Waals surface area contributed by atoms with Crippen molar-refractivity contribution in [3.05, 3.63) is 66.1 Å². The van der Waals surface area contributed by atoms with Crippen LogP contribution in [0.5, 0.6) is 0 Å². The average molecular weight is 224 g/mol. The first kappa shape index (κ1) is 11.7. The molecule has 0 aromatic heterocycles. The lowest BCUT2D eigenvalue weighted by molar-refractivity contribution is 0.506. The molecular formula is C12H10F2S. The van der Waals surface area contributed by atoms with Gasteiger partial charge in [-0.05, 0) is 24.3 Å². The molecule has 0 nitrogen and oxygen atoms in total. The second-order valence-electron chi connectivity index (χ2n) is 2.69. The van der Waals surface area contributed by atoms with Gasteiger partial charge in [-0.25, -0.2) is 8.78 Å². The van der Waals surface area contributed by atoms with E-state index in [2.05, 4.69) is 13.2 Å². The molecule has 1 rings (SSSR count). The fraction of sp³-hybridized carbons (Fsp3) is 0. The molecule has 0 N–H and O–H groups in total. The molecule has 0 fully saturated rings. The molecule has 0 radical (unpaired) electrons. The zero-order valence-corrected chi connectivity index (χ0v) is 8.86. The number of hydrogen-bond acceptors (Lipinski definition) is 1. The van der Waals surface area contributed by atoms with Crippen LogP contribution in [0.1, 0.15) is 0 Å². The molecule has 15 heavy (non-hydrogen) atoms. The molecule has 78 valence electrons. The first-order valence-electron chi connectivity index (χ1n) is 4.25. The lowest BCUT2D eigenvalue weighted by Gasteiger charge is -2.01. The van der Waals surface area contributed by atoms with Crippen molar-refractivity contribution in [3.63, 3.8) is 0 Å². The van der Waals surface area contributed by atoms with Gasteiger partial charge in [0.2, 0.25) is 0 Å². The molecule has 0 amide bonds. The van der Waals surface area contributed by atoms with Crippen LogP contribution in [0.2, 0.25) is 0 Å².